The van der Waals surface area contributed by atoms with Gasteiger partial charge in [0.2, 0.25) is 5.91 Å². The van der Waals surface area contributed by atoms with Crippen molar-refractivity contribution in [2.45, 2.75) is 57.5 Å². The summed E-state index contributed by atoms with van der Waals surface area (Å²) in [6, 6.07) is 2.42. The molecule has 0 aromatic carbocycles. The van der Waals surface area contributed by atoms with Crippen LogP contribution in [0.4, 0.5) is 0 Å². The number of piperidine rings is 1. The van der Waals surface area contributed by atoms with E-state index in [0.717, 1.165) is 38.9 Å². The number of amides is 1. The number of likely N-dealkylation sites (tertiary alicyclic amines) is 1. The van der Waals surface area contributed by atoms with Crippen molar-refractivity contribution in [3.63, 3.8) is 0 Å². The minimum absolute atomic E-state index is 0.298. The van der Waals surface area contributed by atoms with Crippen molar-refractivity contribution in [3.05, 3.63) is 18.0 Å². The van der Waals surface area contributed by atoms with Crippen LogP contribution in [0.25, 0.3) is 0 Å². The number of carbonyl (C=O) groups excluding carboxylic acids is 1. The Hall–Kier alpha value is -1.36. The van der Waals surface area contributed by atoms with Gasteiger partial charge in [-0.05, 0) is 51.3 Å². The lowest BCUT2D eigenvalue weighted by molar-refractivity contribution is -0.140. The van der Waals surface area contributed by atoms with Crippen LogP contribution in [-0.2, 0) is 11.3 Å². The lowest BCUT2D eigenvalue weighted by atomic mass is 9.84. The molecule has 0 bridgehead atoms. The lowest BCUT2D eigenvalue weighted by Gasteiger charge is -2.38. The molecule has 23 heavy (non-hydrogen) atoms. The minimum atomic E-state index is 0.298. The van der Waals surface area contributed by atoms with E-state index in [-0.39, 0.29) is 0 Å². The largest absolute Gasteiger partial charge is 0.334 e. The summed E-state index contributed by atoms with van der Waals surface area (Å²) in [5.74, 6) is 0.680. The van der Waals surface area contributed by atoms with Gasteiger partial charge in [0.15, 0.2) is 0 Å². The zero-order valence-electron chi connectivity index (χ0n) is 14.0. The summed E-state index contributed by atoms with van der Waals surface area (Å²) in [6.07, 6.45) is 10.4. The smallest absolute Gasteiger partial charge is 0.226 e. The zero-order chi connectivity index (χ0) is 15.6. The number of rotatable bonds is 4. The molecule has 5 nitrogen and oxygen atoms in total. The third-order valence-corrected chi connectivity index (χ3v) is 5.88. The Morgan fingerprint density at radius 2 is 2.00 bits per heavy atom. The van der Waals surface area contributed by atoms with Crippen LogP contribution in [0.1, 0.15) is 56.7 Å². The molecule has 4 rings (SSSR count). The SMILES string of the molecule is O=C(C1CCC1)N1Cc2ccnn2[C@@H](CCN2CCCCC2)C1. The van der Waals surface area contributed by atoms with Gasteiger partial charge in [-0.1, -0.05) is 12.8 Å². The average Bonchev–Trinajstić information content (AvgIpc) is 3.00. The molecule has 1 saturated carbocycles. The highest BCUT2D eigenvalue weighted by atomic mass is 16.2. The van der Waals surface area contributed by atoms with Crippen molar-refractivity contribution in [1.82, 2.24) is 19.6 Å². The van der Waals surface area contributed by atoms with Gasteiger partial charge in [0.05, 0.1) is 18.3 Å². The summed E-state index contributed by atoms with van der Waals surface area (Å²) in [7, 11) is 0. The lowest BCUT2D eigenvalue weighted by Crippen LogP contribution is -2.46. The van der Waals surface area contributed by atoms with Gasteiger partial charge in [0, 0.05) is 25.2 Å². The molecule has 126 valence electrons. The first-order valence-electron chi connectivity index (χ1n) is 9.35. The molecule has 0 N–H and O–H groups in total. The standard InChI is InChI=1S/C18H28N4O/c23-18(15-5-4-6-15)21-13-16-7-9-19-22(16)17(14-21)8-12-20-10-2-1-3-11-20/h7,9,15,17H,1-6,8,10-14H2/t17-/m0/s1. The summed E-state index contributed by atoms with van der Waals surface area (Å²) >= 11 is 0. The Bertz CT molecular complexity index is 545. The van der Waals surface area contributed by atoms with Gasteiger partial charge in [-0.25, -0.2) is 0 Å². The van der Waals surface area contributed by atoms with E-state index in [0.29, 0.717) is 17.9 Å². The number of carbonyl (C=O) groups is 1. The van der Waals surface area contributed by atoms with Crippen LogP contribution >= 0.6 is 0 Å². The minimum Gasteiger partial charge on any atom is -0.334 e. The summed E-state index contributed by atoms with van der Waals surface area (Å²) in [4.78, 5) is 17.3. The van der Waals surface area contributed by atoms with Crippen molar-refractivity contribution in [2.75, 3.05) is 26.2 Å². The average molecular weight is 316 g/mol. The Morgan fingerprint density at radius 3 is 2.74 bits per heavy atom. The van der Waals surface area contributed by atoms with Crippen LogP contribution in [0.3, 0.4) is 0 Å². The van der Waals surface area contributed by atoms with Crippen LogP contribution < -0.4 is 0 Å². The summed E-state index contributed by atoms with van der Waals surface area (Å²) in [5.41, 5.74) is 1.20. The second kappa shape index (κ2) is 6.63. The van der Waals surface area contributed by atoms with Gasteiger partial charge < -0.3 is 9.80 Å². The van der Waals surface area contributed by atoms with Crippen LogP contribution in [-0.4, -0.2) is 51.7 Å². The fraction of sp³-hybridized carbons (Fsp3) is 0.778. The molecule has 1 atom stereocenters. The third-order valence-electron chi connectivity index (χ3n) is 5.88. The molecule has 0 unspecified atom stereocenters. The molecule has 2 aliphatic heterocycles. The monoisotopic (exact) mass is 316 g/mol. The molecule has 0 radical (unpaired) electrons. The van der Waals surface area contributed by atoms with Crippen LogP contribution in [0.2, 0.25) is 0 Å². The summed E-state index contributed by atoms with van der Waals surface area (Å²) in [6.45, 7) is 5.20. The first kappa shape index (κ1) is 15.2. The van der Waals surface area contributed by atoms with Crippen LogP contribution in [0, 0.1) is 5.92 Å². The van der Waals surface area contributed by atoms with Gasteiger partial charge in [-0.2, -0.15) is 5.10 Å². The van der Waals surface area contributed by atoms with E-state index < -0.39 is 0 Å². The maximum absolute atomic E-state index is 12.6. The molecule has 3 heterocycles. The predicted molar refractivity (Wildman–Crippen MR) is 88.9 cm³/mol. The maximum atomic E-state index is 12.6. The van der Waals surface area contributed by atoms with Gasteiger partial charge >= 0.3 is 0 Å². The zero-order valence-corrected chi connectivity index (χ0v) is 14.0. The number of fused-ring (bicyclic) bond motifs is 1. The van der Waals surface area contributed by atoms with E-state index >= 15 is 0 Å². The Kier molecular flexibility index (Phi) is 4.38. The van der Waals surface area contributed by atoms with Crippen molar-refractivity contribution in [3.8, 4) is 0 Å². The molecule has 2 fully saturated rings. The van der Waals surface area contributed by atoms with Crippen LogP contribution in [0.15, 0.2) is 12.3 Å². The van der Waals surface area contributed by atoms with E-state index in [2.05, 4.69) is 25.6 Å². The Balaban J connectivity index is 1.41. The predicted octanol–water partition coefficient (Wildman–Crippen LogP) is 2.44. The molecule has 0 spiro atoms. The fourth-order valence-electron chi connectivity index (χ4n) is 4.20. The highest BCUT2D eigenvalue weighted by Gasteiger charge is 2.34. The first-order chi connectivity index (χ1) is 11.3. The molecule has 1 aromatic heterocycles. The highest BCUT2D eigenvalue weighted by Crippen LogP contribution is 2.31. The summed E-state index contributed by atoms with van der Waals surface area (Å²) < 4.78 is 2.18. The van der Waals surface area contributed by atoms with E-state index in [1.165, 1.54) is 44.5 Å². The maximum Gasteiger partial charge on any atom is 0.226 e. The molecule has 1 amide bonds. The van der Waals surface area contributed by atoms with Gasteiger partial charge in [0.25, 0.3) is 0 Å². The number of nitrogens with zero attached hydrogens (tertiary/aromatic N) is 4. The summed E-state index contributed by atoms with van der Waals surface area (Å²) in [5, 5.41) is 4.53. The van der Waals surface area contributed by atoms with Gasteiger partial charge in [-0.15, -0.1) is 0 Å². The second-order valence-electron chi connectivity index (χ2n) is 7.46. The van der Waals surface area contributed by atoms with Crippen molar-refractivity contribution in [1.29, 1.82) is 0 Å². The molecule has 1 saturated heterocycles. The normalized spacial score (nSPS) is 25.9. The topological polar surface area (TPSA) is 41.4 Å². The van der Waals surface area contributed by atoms with Gasteiger partial charge in [0.1, 0.15) is 0 Å². The van der Waals surface area contributed by atoms with Crippen LogP contribution in [0.5, 0.6) is 0 Å². The van der Waals surface area contributed by atoms with E-state index in [4.69, 9.17) is 0 Å². The first-order valence-corrected chi connectivity index (χ1v) is 9.35. The molecule has 1 aliphatic carbocycles. The highest BCUT2D eigenvalue weighted by molar-refractivity contribution is 5.79. The Morgan fingerprint density at radius 1 is 1.17 bits per heavy atom. The van der Waals surface area contributed by atoms with E-state index in [9.17, 15) is 4.79 Å². The molecular weight excluding hydrogens is 288 g/mol. The number of hydrogen-bond donors (Lipinski definition) is 0. The molecule has 1 aromatic rings. The van der Waals surface area contributed by atoms with Crippen molar-refractivity contribution < 1.29 is 4.79 Å². The quantitative estimate of drug-likeness (QED) is 0.857. The van der Waals surface area contributed by atoms with Crippen molar-refractivity contribution >= 4 is 5.91 Å². The van der Waals surface area contributed by atoms with E-state index in [1.54, 1.807) is 0 Å². The Labute approximate surface area is 138 Å². The molecule has 3 aliphatic rings. The van der Waals surface area contributed by atoms with E-state index in [1.807, 2.05) is 6.20 Å². The molecule has 5 heteroatoms. The van der Waals surface area contributed by atoms with Gasteiger partial charge in [-0.3, -0.25) is 9.48 Å². The number of aromatic nitrogens is 2. The molecular formula is C18H28N4O. The second-order valence-corrected chi connectivity index (χ2v) is 7.46. The van der Waals surface area contributed by atoms with Crippen molar-refractivity contribution in [2.24, 2.45) is 5.92 Å². The fourth-order valence-corrected chi connectivity index (χ4v) is 4.20. The number of hydrogen-bond acceptors (Lipinski definition) is 3. The third kappa shape index (κ3) is 3.16.